The van der Waals surface area contributed by atoms with Crippen molar-refractivity contribution >= 4 is 11.9 Å². The predicted octanol–water partition coefficient (Wildman–Crippen LogP) is 0.301. The van der Waals surface area contributed by atoms with Crippen molar-refractivity contribution in [1.29, 1.82) is 0 Å². The van der Waals surface area contributed by atoms with Gasteiger partial charge in [0.05, 0.1) is 7.11 Å². The van der Waals surface area contributed by atoms with Crippen molar-refractivity contribution in [3.8, 4) is 0 Å². The predicted molar refractivity (Wildman–Crippen MR) is 64.4 cm³/mol. The number of carbonyl (C=O) groups is 2. The molecule has 98 valence electrons. The third kappa shape index (κ3) is 3.19. The summed E-state index contributed by atoms with van der Waals surface area (Å²) in [6.07, 6.45) is 1.01. The molecular weight excluding hydrogens is 220 g/mol. The number of nitrogens with one attached hydrogen (secondary N) is 2. The van der Waals surface area contributed by atoms with Gasteiger partial charge in [-0.3, -0.25) is 9.59 Å². The zero-order chi connectivity index (χ0) is 12.9. The summed E-state index contributed by atoms with van der Waals surface area (Å²) in [5.41, 5.74) is -0.991. The average molecular weight is 242 g/mol. The number of amides is 1. The standard InChI is InChI=1S/C12H22N2O3/c1-9(2)8-14-10(15)12(11(16)17-3)4-6-13-7-5-12/h9,13H,4-8H2,1-3H3,(H,14,15). The maximum atomic E-state index is 12.2. The highest BCUT2D eigenvalue weighted by molar-refractivity contribution is 6.02. The van der Waals surface area contributed by atoms with Gasteiger partial charge in [0, 0.05) is 6.54 Å². The van der Waals surface area contributed by atoms with Crippen LogP contribution in [0.25, 0.3) is 0 Å². The van der Waals surface area contributed by atoms with Crippen LogP contribution < -0.4 is 10.6 Å². The first kappa shape index (κ1) is 14.0. The first-order valence-electron chi connectivity index (χ1n) is 6.10. The molecule has 0 atom stereocenters. The van der Waals surface area contributed by atoms with E-state index in [4.69, 9.17) is 4.74 Å². The summed E-state index contributed by atoms with van der Waals surface area (Å²) >= 11 is 0. The van der Waals surface area contributed by atoms with Gasteiger partial charge in [0.15, 0.2) is 0 Å². The van der Waals surface area contributed by atoms with Crippen LogP contribution in [0.5, 0.6) is 0 Å². The van der Waals surface area contributed by atoms with Crippen molar-refractivity contribution in [3.05, 3.63) is 0 Å². The minimum atomic E-state index is -0.991. The number of methoxy groups -OCH3 is 1. The molecular formula is C12H22N2O3. The molecule has 0 bridgehead atoms. The first-order chi connectivity index (χ1) is 8.03. The number of esters is 1. The number of piperidine rings is 1. The SMILES string of the molecule is COC(=O)C1(C(=O)NCC(C)C)CCNCC1. The Kier molecular flexibility index (Phi) is 4.93. The van der Waals surface area contributed by atoms with Gasteiger partial charge in [0.2, 0.25) is 5.91 Å². The summed E-state index contributed by atoms with van der Waals surface area (Å²) in [5, 5.41) is 5.99. The normalized spacial score (nSPS) is 18.8. The number of rotatable bonds is 4. The Morgan fingerprint density at radius 1 is 1.35 bits per heavy atom. The van der Waals surface area contributed by atoms with Crippen molar-refractivity contribution < 1.29 is 14.3 Å². The van der Waals surface area contributed by atoms with Gasteiger partial charge < -0.3 is 15.4 Å². The van der Waals surface area contributed by atoms with Crippen LogP contribution >= 0.6 is 0 Å². The van der Waals surface area contributed by atoms with E-state index in [1.54, 1.807) is 0 Å². The fraction of sp³-hybridized carbons (Fsp3) is 0.833. The molecule has 1 amide bonds. The molecule has 0 aromatic carbocycles. The van der Waals surface area contributed by atoms with Gasteiger partial charge in [0.25, 0.3) is 0 Å². The Hall–Kier alpha value is -1.10. The topological polar surface area (TPSA) is 67.4 Å². The van der Waals surface area contributed by atoms with Gasteiger partial charge in [-0.05, 0) is 31.8 Å². The molecule has 2 N–H and O–H groups in total. The lowest BCUT2D eigenvalue weighted by Crippen LogP contribution is -2.53. The lowest BCUT2D eigenvalue weighted by atomic mass is 9.78. The van der Waals surface area contributed by atoms with Crippen LogP contribution in [-0.2, 0) is 14.3 Å². The Bertz CT molecular complexity index is 283. The third-order valence-electron chi connectivity index (χ3n) is 3.14. The maximum Gasteiger partial charge on any atom is 0.321 e. The fourth-order valence-electron chi connectivity index (χ4n) is 2.04. The summed E-state index contributed by atoms with van der Waals surface area (Å²) in [7, 11) is 1.34. The highest BCUT2D eigenvalue weighted by Gasteiger charge is 2.47. The molecule has 0 aromatic heterocycles. The summed E-state index contributed by atoms with van der Waals surface area (Å²) in [5.74, 6) is -0.241. The number of hydrogen-bond donors (Lipinski definition) is 2. The monoisotopic (exact) mass is 242 g/mol. The zero-order valence-electron chi connectivity index (χ0n) is 10.8. The molecule has 1 saturated heterocycles. The second-order valence-electron chi connectivity index (χ2n) is 4.93. The van der Waals surface area contributed by atoms with Gasteiger partial charge in [-0.1, -0.05) is 13.8 Å². The van der Waals surface area contributed by atoms with Crippen LogP contribution in [0.4, 0.5) is 0 Å². The summed E-state index contributed by atoms with van der Waals surface area (Å²) in [6.45, 7) is 5.97. The summed E-state index contributed by atoms with van der Waals surface area (Å²) < 4.78 is 4.79. The lowest BCUT2D eigenvalue weighted by molar-refractivity contribution is -0.160. The van der Waals surface area contributed by atoms with Gasteiger partial charge in [-0.25, -0.2) is 0 Å². The second-order valence-corrected chi connectivity index (χ2v) is 4.93. The van der Waals surface area contributed by atoms with E-state index in [0.29, 0.717) is 38.4 Å². The van der Waals surface area contributed by atoms with Crippen LogP contribution in [0, 0.1) is 11.3 Å². The van der Waals surface area contributed by atoms with E-state index in [-0.39, 0.29) is 5.91 Å². The average Bonchev–Trinajstić information content (AvgIpc) is 2.35. The van der Waals surface area contributed by atoms with Crippen LogP contribution in [0.2, 0.25) is 0 Å². The fourth-order valence-corrected chi connectivity index (χ4v) is 2.04. The molecule has 0 saturated carbocycles. The van der Waals surface area contributed by atoms with E-state index < -0.39 is 11.4 Å². The van der Waals surface area contributed by atoms with Crippen molar-refractivity contribution in [1.82, 2.24) is 10.6 Å². The van der Waals surface area contributed by atoms with E-state index in [1.165, 1.54) is 7.11 Å². The highest BCUT2D eigenvalue weighted by atomic mass is 16.5. The molecule has 0 spiro atoms. The molecule has 1 rings (SSSR count). The summed E-state index contributed by atoms with van der Waals surface area (Å²) in [4.78, 5) is 24.0. The zero-order valence-corrected chi connectivity index (χ0v) is 10.8. The van der Waals surface area contributed by atoms with E-state index in [0.717, 1.165) is 0 Å². The van der Waals surface area contributed by atoms with Crippen LogP contribution in [0.1, 0.15) is 26.7 Å². The van der Waals surface area contributed by atoms with Crippen LogP contribution in [0.3, 0.4) is 0 Å². The van der Waals surface area contributed by atoms with Gasteiger partial charge in [-0.2, -0.15) is 0 Å². The highest BCUT2D eigenvalue weighted by Crippen LogP contribution is 2.30. The lowest BCUT2D eigenvalue weighted by Gasteiger charge is -2.33. The molecule has 1 fully saturated rings. The van der Waals surface area contributed by atoms with E-state index in [2.05, 4.69) is 10.6 Å². The minimum absolute atomic E-state index is 0.195. The molecule has 1 aliphatic heterocycles. The number of ether oxygens (including phenoxy) is 1. The third-order valence-corrected chi connectivity index (χ3v) is 3.14. The number of hydrogen-bond acceptors (Lipinski definition) is 4. The Labute approximate surface area is 102 Å². The maximum absolute atomic E-state index is 12.2. The molecule has 1 heterocycles. The quantitative estimate of drug-likeness (QED) is 0.549. The molecule has 0 unspecified atom stereocenters. The Morgan fingerprint density at radius 3 is 2.41 bits per heavy atom. The van der Waals surface area contributed by atoms with Gasteiger partial charge in [-0.15, -0.1) is 0 Å². The minimum Gasteiger partial charge on any atom is -0.468 e. The molecule has 1 aliphatic rings. The number of carbonyl (C=O) groups excluding carboxylic acids is 2. The largest absolute Gasteiger partial charge is 0.468 e. The van der Waals surface area contributed by atoms with Gasteiger partial charge in [0.1, 0.15) is 5.41 Å². The Morgan fingerprint density at radius 2 is 1.94 bits per heavy atom. The molecule has 5 nitrogen and oxygen atoms in total. The first-order valence-corrected chi connectivity index (χ1v) is 6.10. The molecule has 5 heteroatoms. The van der Waals surface area contributed by atoms with Crippen molar-refractivity contribution in [2.45, 2.75) is 26.7 Å². The van der Waals surface area contributed by atoms with Crippen molar-refractivity contribution in [2.24, 2.45) is 11.3 Å². The van der Waals surface area contributed by atoms with Crippen molar-refractivity contribution in [3.63, 3.8) is 0 Å². The van der Waals surface area contributed by atoms with E-state index in [9.17, 15) is 9.59 Å². The Balaban J connectivity index is 2.75. The van der Waals surface area contributed by atoms with Gasteiger partial charge >= 0.3 is 5.97 Å². The van der Waals surface area contributed by atoms with E-state index in [1.807, 2.05) is 13.8 Å². The molecule has 17 heavy (non-hydrogen) atoms. The molecule has 0 aromatic rings. The van der Waals surface area contributed by atoms with Crippen LogP contribution in [0.15, 0.2) is 0 Å². The van der Waals surface area contributed by atoms with E-state index >= 15 is 0 Å². The van der Waals surface area contributed by atoms with Crippen LogP contribution in [-0.4, -0.2) is 38.6 Å². The smallest absolute Gasteiger partial charge is 0.321 e. The molecule has 0 aliphatic carbocycles. The molecule has 0 radical (unpaired) electrons. The second kappa shape index (κ2) is 6.00. The summed E-state index contributed by atoms with van der Waals surface area (Å²) in [6, 6.07) is 0. The van der Waals surface area contributed by atoms with Crippen molar-refractivity contribution in [2.75, 3.05) is 26.7 Å².